The summed E-state index contributed by atoms with van der Waals surface area (Å²) in [6.07, 6.45) is 4.01. The van der Waals surface area contributed by atoms with Gasteiger partial charge in [-0.2, -0.15) is 5.17 Å². The molecule has 0 aliphatic heterocycles. The van der Waals surface area contributed by atoms with Crippen LogP contribution in [-0.2, 0) is 9.59 Å². The van der Waals surface area contributed by atoms with Gasteiger partial charge in [-0.05, 0) is 12.8 Å². The summed E-state index contributed by atoms with van der Waals surface area (Å²) in [7, 11) is 0. The van der Waals surface area contributed by atoms with Gasteiger partial charge in [0.25, 0.3) is 5.91 Å². The van der Waals surface area contributed by atoms with Crippen molar-refractivity contribution in [2.75, 3.05) is 0 Å². The molecule has 1 aliphatic rings. The Morgan fingerprint density at radius 2 is 2.08 bits per heavy atom. The molecule has 0 saturated heterocycles. The van der Waals surface area contributed by atoms with Gasteiger partial charge < -0.3 is 4.79 Å². The van der Waals surface area contributed by atoms with E-state index in [0.717, 1.165) is 19.1 Å². The molecule has 2 unspecified atom stereocenters. The van der Waals surface area contributed by atoms with E-state index in [9.17, 15) is 9.59 Å². The molecule has 0 spiro atoms. The molecule has 13 heavy (non-hydrogen) atoms. The number of hydroxylamine groups is 1. The third-order valence-corrected chi connectivity index (χ3v) is 2.54. The minimum absolute atomic E-state index is 0.0898. The maximum Gasteiger partial charge on any atom is 0.264 e. The average molecular weight is 186 g/mol. The first-order valence-electron chi connectivity index (χ1n) is 4.39. The number of rotatable bonds is 2. The van der Waals surface area contributed by atoms with Crippen molar-refractivity contribution in [1.29, 1.82) is 0 Å². The summed E-state index contributed by atoms with van der Waals surface area (Å²) in [5.74, 6) is 3.64. The van der Waals surface area contributed by atoms with Gasteiger partial charge in [0.15, 0.2) is 0 Å². The molecule has 3 N–H and O–H groups in total. The largest absolute Gasteiger partial charge is 0.303 e. The molecule has 1 saturated carbocycles. The van der Waals surface area contributed by atoms with E-state index in [0.29, 0.717) is 12.8 Å². The number of carbonyl (C=O) groups is 2. The van der Waals surface area contributed by atoms with Gasteiger partial charge in [0.2, 0.25) is 0 Å². The van der Waals surface area contributed by atoms with Gasteiger partial charge in [0.1, 0.15) is 6.29 Å². The molecule has 2 atom stereocenters. The quantitative estimate of drug-likeness (QED) is 0.210. The third-order valence-electron chi connectivity index (χ3n) is 2.54. The van der Waals surface area contributed by atoms with Crippen molar-refractivity contribution in [2.45, 2.75) is 25.7 Å². The summed E-state index contributed by atoms with van der Waals surface area (Å²) in [4.78, 5) is 21.9. The van der Waals surface area contributed by atoms with Crippen molar-refractivity contribution in [3.63, 3.8) is 0 Å². The Kier molecular flexibility index (Phi) is 3.39. The number of hydrogen-bond acceptors (Lipinski definition) is 4. The van der Waals surface area contributed by atoms with Crippen LogP contribution in [0.2, 0.25) is 0 Å². The van der Waals surface area contributed by atoms with E-state index in [1.807, 2.05) is 0 Å². The molecular formula is C8H14N2O3. The molecule has 1 rings (SSSR count). The van der Waals surface area contributed by atoms with Crippen molar-refractivity contribution in [2.24, 2.45) is 17.7 Å². The second-order valence-corrected chi connectivity index (χ2v) is 3.37. The van der Waals surface area contributed by atoms with Crippen LogP contribution in [0.1, 0.15) is 25.7 Å². The SMILES string of the molecule is NN(O)C(=O)C1CCCCC1C=O. The van der Waals surface area contributed by atoms with Gasteiger partial charge in [-0.25, -0.2) is 5.84 Å². The van der Waals surface area contributed by atoms with E-state index in [-0.39, 0.29) is 11.1 Å². The fraction of sp³-hybridized carbons (Fsp3) is 0.750. The van der Waals surface area contributed by atoms with Crippen LogP contribution in [0.5, 0.6) is 0 Å². The van der Waals surface area contributed by atoms with Crippen molar-refractivity contribution in [3.8, 4) is 0 Å². The first-order valence-corrected chi connectivity index (χ1v) is 4.39. The van der Waals surface area contributed by atoms with Crippen molar-refractivity contribution in [3.05, 3.63) is 0 Å². The monoisotopic (exact) mass is 186 g/mol. The van der Waals surface area contributed by atoms with Gasteiger partial charge in [-0.1, -0.05) is 12.8 Å². The lowest BCUT2D eigenvalue weighted by Gasteiger charge is -2.27. The lowest BCUT2D eigenvalue weighted by molar-refractivity contribution is -0.174. The molecule has 5 nitrogen and oxygen atoms in total. The lowest BCUT2D eigenvalue weighted by Crippen LogP contribution is -2.42. The van der Waals surface area contributed by atoms with E-state index in [4.69, 9.17) is 11.0 Å². The third kappa shape index (κ3) is 2.26. The van der Waals surface area contributed by atoms with E-state index in [1.165, 1.54) is 0 Å². The molecular weight excluding hydrogens is 172 g/mol. The topological polar surface area (TPSA) is 83.6 Å². The number of amides is 1. The summed E-state index contributed by atoms with van der Waals surface area (Å²) in [6, 6.07) is 0. The Balaban J connectivity index is 2.63. The molecule has 0 aromatic heterocycles. The molecule has 1 aliphatic carbocycles. The molecule has 0 aromatic carbocycles. The predicted molar refractivity (Wildman–Crippen MR) is 44.3 cm³/mol. The van der Waals surface area contributed by atoms with Gasteiger partial charge in [0, 0.05) is 5.92 Å². The number of nitrogens with zero attached hydrogens (tertiary/aromatic N) is 1. The van der Waals surface area contributed by atoms with Crippen LogP contribution in [0.25, 0.3) is 0 Å². The number of hydrazine groups is 1. The molecule has 0 aromatic rings. The maximum absolute atomic E-state index is 11.3. The summed E-state index contributed by atoms with van der Waals surface area (Å²) in [5.41, 5.74) is 0. The van der Waals surface area contributed by atoms with Crippen LogP contribution in [0.3, 0.4) is 0 Å². The average Bonchev–Trinajstić information content (AvgIpc) is 2.16. The van der Waals surface area contributed by atoms with Gasteiger partial charge in [-0.3, -0.25) is 10.0 Å². The highest BCUT2D eigenvalue weighted by Crippen LogP contribution is 2.29. The van der Waals surface area contributed by atoms with E-state index in [2.05, 4.69) is 0 Å². The van der Waals surface area contributed by atoms with E-state index in [1.54, 1.807) is 0 Å². The molecule has 1 fully saturated rings. The zero-order valence-corrected chi connectivity index (χ0v) is 7.35. The standard InChI is InChI=1S/C8H14N2O3/c9-10(13)8(12)7-4-2-1-3-6(7)5-11/h5-7,13H,1-4,9H2. The second kappa shape index (κ2) is 4.34. The first kappa shape index (κ1) is 10.1. The van der Waals surface area contributed by atoms with Gasteiger partial charge in [0.05, 0.1) is 5.92 Å². The number of carbonyl (C=O) groups excluding carboxylic acids is 2. The number of nitrogens with two attached hydrogens (primary N) is 1. The van der Waals surface area contributed by atoms with Crippen LogP contribution >= 0.6 is 0 Å². The Bertz CT molecular complexity index is 206. The number of aldehydes is 1. The van der Waals surface area contributed by atoms with Crippen LogP contribution < -0.4 is 5.84 Å². The molecule has 5 heteroatoms. The van der Waals surface area contributed by atoms with Gasteiger partial charge in [-0.15, -0.1) is 0 Å². The molecule has 1 amide bonds. The summed E-state index contributed by atoms with van der Waals surface area (Å²) < 4.78 is 0. The predicted octanol–water partition coefficient (Wildman–Crippen LogP) is 0.0832. The normalized spacial score (nSPS) is 28.2. The van der Waals surface area contributed by atoms with Crippen molar-refractivity contribution >= 4 is 12.2 Å². The Hall–Kier alpha value is -0.940. The molecule has 0 bridgehead atoms. The lowest BCUT2D eigenvalue weighted by atomic mass is 9.79. The summed E-state index contributed by atoms with van der Waals surface area (Å²) >= 11 is 0. The second-order valence-electron chi connectivity index (χ2n) is 3.37. The van der Waals surface area contributed by atoms with Crippen molar-refractivity contribution in [1.82, 2.24) is 5.17 Å². The Morgan fingerprint density at radius 1 is 1.46 bits per heavy atom. The van der Waals surface area contributed by atoms with Crippen molar-refractivity contribution < 1.29 is 14.8 Å². The van der Waals surface area contributed by atoms with Gasteiger partial charge >= 0.3 is 0 Å². The Labute approximate surface area is 76.4 Å². The summed E-state index contributed by atoms with van der Waals surface area (Å²) in [6.45, 7) is 0. The van der Waals surface area contributed by atoms with E-state index < -0.39 is 11.8 Å². The molecule has 0 radical (unpaired) electrons. The zero-order chi connectivity index (χ0) is 9.84. The molecule has 74 valence electrons. The van der Waals surface area contributed by atoms with E-state index >= 15 is 0 Å². The van der Waals surface area contributed by atoms with Crippen LogP contribution in [0.15, 0.2) is 0 Å². The Morgan fingerprint density at radius 3 is 2.62 bits per heavy atom. The first-order chi connectivity index (χ1) is 6.16. The highest BCUT2D eigenvalue weighted by atomic mass is 16.5. The smallest absolute Gasteiger partial charge is 0.264 e. The highest BCUT2D eigenvalue weighted by molar-refractivity contribution is 5.80. The minimum atomic E-state index is -0.559. The minimum Gasteiger partial charge on any atom is -0.303 e. The summed E-state index contributed by atoms with van der Waals surface area (Å²) in [5, 5.41) is 8.82. The number of hydrogen-bond donors (Lipinski definition) is 2. The van der Waals surface area contributed by atoms with Crippen LogP contribution in [-0.4, -0.2) is 22.6 Å². The zero-order valence-electron chi connectivity index (χ0n) is 7.35. The van der Waals surface area contributed by atoms with Crippen LogP contribution in [0, 0.1) is 11.8 Å². The highest BCUT2D eigenvalue weighted by Gasteiger charge is 2.32. The van der Waals surface area contributed by atoms with Crippen LogP contribution in [0.4, 0.5) is 0 Å². The maximum atomic E-state index is 11.3. The fourth-order valence-corrected chi connectivity index (χ4v) is 1.80. The molecule has 0 heterocycles. The fourth-order valence-electron chi connectivity index (χ4n) is 1.80.